The lowest BCUT2D eigenvalue weighted by Gasteiger charge is -2.31. The van der Waals surface area contributed by atoms with E-state index in [4.69, 9.17) is 20.9 Å². The highest BCUT2D eigenvalue weighted by Crippen LogP contribution is 2.41. The molecule has 228 valence electrons. The molecule has 3 saturated heterocycles. The monoisotopic (exact) mass is 603 g/mol. The number of alkyl halides is 1. The van der Waals surface area contributed by atoms with Gasteiger partial charge in [-0.05, 0) is 56.3 Å². The number of phenols is 1. The first-order valence-corrected chi connectivity index (χ1v) is 14.9. The number of pyridine rings is 1. The zero-order valence-corrected chi connectivity index (χ0v) is 24.3. The van der Waals surface area contributed by atoms with Gasteiger partial charge in [-0.25, -0.2) is 13.2 Å². The maximum absolute atomic E-state index is 16.7. The molecule has 0 amide bonds. The van der Waals surface area contributed by atoms with E-state index >= 15 is 4.39 Å². The number of terminal acetylenes is 1. The van der Waals surface area contributed by atoms with Crippen LogP contribution in [0.25, 0.3) is 32.9 Å². The lowest BCUT2D eigenvalue weighted by molar-refractivity contribution is 0.0820. The van der Waals surface area contributed by atoms with Gasteiger partial charge in [0.15, 0.2) is 5.82 Å². The molecule has 0 aliphatic carbocycles. The average Bonchev–Trinajstić information content (AvgIpc) is 3.43. The third kappa shape index (κ3) is 4.86. The maximum Gasteiger partial charge on any atom is 0.319 e. The summed E-state index contributed by atoms with van der Waals surface area (Å²) >= 11 is 0. The Kier molecular flexibility index (Phi) is 7.22. The van der Waals surface area contributed by atoms with Crippen molar-refractivity contribution in [2.75, 3.05) is 44.3 Å². The molecule has 3 unspecified atom stereocenters. The number of phenolic OH excluding ortho intramolecular Hbond substituents is 1. The molecule has 4 aromatic rings. The fourth-order valence-electron chi connectivity index (χ4n) is 7.10. The summed E-state index contributed by atoms with van der Waals surface area (Å²) in [6.07, 6.45) is 8.99. The minimum absolute atomic E-state index is 0.0268. The van der Waals surface area contributed by atoms with Crippen molar-refractivity contribution in [3.63, 3.8) is 0 Å². The van der Waals surface area contributed by atoms with Gasteiger partial charge in [0.25, 0.3) is 0 Å². The molecule has 0 radical (unpaired) electrons. The Labute approximate surface area is 252 Å². The van der Waals surface area contributed by atoms with Gasteiger partial charge in [0.05, 0.1) is 22.6 Å². The van der Waals surface area contributed by atoms with Crippen LogP contribution < -0.4 is 9.64 Å². The number of aromatic hydroxyl groups is 1. The van der Waals surface area contributed by atoms with Gasteiger partial charge in [0, 0.05) is 49.8 Å². The summed E-state index contributed by atoms with van der Waals surface area (Å²) in [6, 6.07) is 5.40. The van der Waals surface area contributed by atoms with E-state index in [0.717, 1.165) is 25.8 Å². The summed E-state index contributed by atoms with van der Waals surface area (Å²) in [5.41, 5.74) is -0.570. The lowest BCUT2D eigenvalue weighted by Crippen LogP contribution is -2.43. The Balaban J connectivity index is 1.38. The number of benzene rings is 2. The molecule has 3 atom stereocenters. The standard InChI is InChI=1S/C33H32F3N5O3/c1-3-23-26(35)7-6-20-12-22(42)13-24(27(20)23)29-28(36)30-25(15-37-29)31(40-9-5-11-43-19(2)16-40)39-32(38-30)44-18-33-8-4-10-41(33)17-21(34)14-33/h1,6-7,12-13,15,19,21,42H,4-5,8-11,14,16-18H2,2H3. The molecule has 44 heavy (non-hydrogen) atoms. The van der Waals surface area contributed by atoms with Gasteiger partial charge in [-0.15, -0.1) is 6.42 Å². The third-order valence-electron chi connectivity index (χ3n) is 9.08. The van der Waals surface area contributed by atoms with Crippen molar-refractivity contribution in [3.8, 4) is 35.4 Å². The van der Waals surface area contributed by atoms with Crippen molar-refractivity contribution in [2.45, 2.75) is 50.4 Å². The van der Waals surface area contributed by atoms with Gasteiger partial charge in [0.1, 0.15) is 41.4 Å². The van der Waals surface area contributed by atoms with E-state index < -0.39 is 23.3 Å². The molecule has 2 aromatic heterocycles. The highest BCUT2D eigenvalue weighted by atomic mass is 19.1. The topological polar surface area (TPSA) is 83.8 Å². The van der Waals surface area contributed by atoms with Crippen LogP contribution in [0.4, 0.5) is 19.0 Å². The Bertz CT molecular complexity index is 1810. The van der Waals surface area contributed by atoms with Crippen LogP contribution in [0.3, 0.4) is 0 Å². The Morgan fingerprint density at radius 3 is 2.89 bits per heavy atom. The van der Waals surface area contributed by atoms with Gasteiger partial charge in [-0.1, -0.05) is 12.0 Å². The van der Waals surface area contributed by atoms with Gasteiger partial charge in [0.2, 0.25) is 0 Å². The first kappa shape index (κ1) is 28.6. The van der Waals surface area contributed by atoms with E-state index in [1.807, 2.05) is 11.8 Å². The predicted molar refractivity (Wildman–Crippen MR) is 161 cm³/mol. The van der Waals surface area contributed by atoms with Crippen LogP contribution in [0, 0.1) is 24.0 Å². The van der Waals surface area contributed by atoms with Crippen LogP contribution in [0.2, 0.25) is 0 Å². The molecule has 1 N–H and O–H groups in total. The normalized spacial score (nSPS) is 24.0. The molecule has 0 bridgehead atoms. The second kappa shape index (κ2) is 11.1. The SMILES string of the molecule is C#Cc1c(F)ccc2cc(O)cc(-c3ncc4c(N5CCCOC(C)C5)nc(OCC56CCCN5CC(F)C6)nc4c3F)c12. The van der Waals surface area contributed by atoms with Crippen LogP contribution in [-0.4, -0.2) is 82.2 Å². The smallest absolute Gasteiger partial charge is 0.319 e. The van der Waals surface area contributed by atoms with Crippen LogP contribution in [0.1, 0.15) is 38.2 Å². The van der Waals surface area contributed by atoms with Gasteiger partial charge in [-0.3, -0.25) is 9.88 Å². The van der Waals surface area contributed by atoms with Crippen molar-refractivity contribution in [3.05, 3.63) is 47.7 Å². The largest absolute Gasteiger partial charge is 0.508 e. The minimum atomic E-state index is -0.925. The number of rotatable bonds is 5. The molecule has 3 fully saturated rings. The summed E-state index contributed by atoms with van der Waals surface area (Å²) in [5, 5.41) is 11.5. The molecule has 3 aliphatic heterocycles. The van der Waals surface area contributed by atoms with E-state index in [1.165, 1.54) is 30.5 Å². The molecule has 8 nitrogen and oxygen atoms in total. The molecular formula is C33H32F3N5O3. The second-order valence-electron chi connectivity index (χ2n) is 12.0. The molecule has 11 heteroatoms. The van der Waals surface area contributed by atoms with E-state index in [-0.39, 0.29) is 52.2 Å². The Morgan fingerprint density at radius 1 is 1.18 bits per heavy atom. The zero-order valence-electron chi connectivity index (χ0n) is 24.3. The molecule has 0 spiro atoms. The summed E-state index contributed by atoms with van der Waals surface area (Å²) in [5.74, 6) is 1.22. The molecule has 7 rings (SSSR count). The lowest BCUT2D eigenvalue weighted by atomic mass is 9.95. The van der Waals surface area contributed by atoms with E-state index in [2.05, 4.69) is 20.8 Å². The quantitative estimate of drug-likeness (QED) is 0.305. The molecule has 0 saturated carbocycles. The van der Waals surface area contributed by atoms with E-state index in [1.54, 1.807) is 0 Å². The number of hydrogen-bond donors (Lipinski definition) is 1. The summed E-state index contributed by atoms with van der Waals surface area (Å²) < 4.78 is 57.9. The molecule has 5 heterocycles. The van der Waals surface area contributed by atoms with Gasteiger partial charge < -0.3 is 19.5 Å². The number of halogens is 3. The summed E-state index contributed by atoms with van der Waals surface area (Å²) in [4.78, 5) is 17.9. The molecule has 2 aromatic carbocycles. The third-order valence-corrected chi connectivity index (χ3v) is 9.08. The minimum Gasteiger partial charge on any atom is -0.508 e. The number of aromatic nitrogens is 3. The van der Waals surface area contributed by atoms with E-state index in [9.17, 15) is 13.9 Å². The first-order chi connectivity index (χ1) is 21.3. The number of hydrogen-bond acceptors (Lipinski definition) is 8. The highest BCUT2D eigenvalue weighted by molar-refractivity contribution is 6.03. The average molecular weight is 604 g/mol. The van der Waals surface area contributed by atoms with E-state index in [0.29, 0.717) is 49.3 Å². The number of nitrogens with zero attached hydrogens (tertiary/aromatic N) is 5. The van der Waals surface area contributed by atoms with Crippen molar-refractivity contribution in [2.24, 2.45) is 0 Å². The fraction of sp³-hybridized carbons (Fsp3) is 0.424. The van der Waals surface area contributed by atoms with Gasteiger partial charge in [-0.2, -0.15) is 9.97 Å². The van der Waals surface area contributed by atoms with Crippen LogP contribution in [0.5, 0.6) is 11.8 Å². The summed E-state index contributed by atoms with van der Waals surface area (Å²) in [6.45, 7) is 5.04. The number of anilines is 1. The Hall–Kier alpha value is -4.14. The van der Waals surface area contributed by atoms with Crippen LogP contribution in [-0.2, 0) is 4.74 Å². The number of fused-ring (bicyclic) bond motifs is 3. The molecule has 3 aliphatic rings. The number of ether oxygens (including phenoxy) is 2. The van der Waals surface area contributed by atoms with Crippen molar-refractivity contribution in [1.29, 1.82) is 0 Å². The van der Waals surface area contributed by atoms with Gasteiger partial charge >= 0.3 is 6.01 Å². The maximum atomic E-state index is 16.7. The zero-order chi connectivity index (χ0) is 30.6. The Morgan fingerprint density at radius 2 is 2.05 bits per heavy atom. The second-order valence-corrected chi connectivity index (χ2v) is 12.0. The fourth-order valence-corrected chi connectivity index (χ4v) is 7.10. The molecular weight excluding hydrogens is 571 g/mol. The summed E-state index contributed by atoms with van der Waals surface area (Å²) in [7, 11) is 0. The predicted octanol–water partition coefficient (Wildman–Crippen LogP) is 5.38. The van der Waals surface area contributed by atoms with Crippen molar-refractivity contribution in [1.82, 2.24) is 19.9 Å². The van der Waals surface area contributed by atoms with Crippen molar-refractivity contribution < 1.29 is 27.8 Å². The van der Waals surface area contributed by atoms with Crippen LogP contribution >= 0.6 is 0 Å². The van der Waals surface area contributed by atoms with Crippen LogP contribution in [0.15, 0.2) is 30.5 Å². The highest BCUT2D eigenvalue weighted by Gasteiger charge is 2.49. The van der Waals surface area contributed by atoms with Crippen molar-refractivity contribution >= 4 is 27.5 Å². The first-order valence-electron chi connectivity index (χ1n) is 14.9.